The Balaban J connectivity index is 0.000000431. The van der Waals surface area contributed by atoms with E-state index in [1.54, 1.807) is 23.1 Å². The maximum absolute atomic E-state index is 13.3. The van der Waals surface area contributed by atoms with Crippen molar-refractivity contribution in [2.45, 2.75) is 18.2 Å². The Morgan fingerprint density at radius 2 is 1.93 bits per heavy atom. The molecule has 29 heavy (non-hydrogen) atoms. The highest BCUT2D eigenvalue weighted by atomic mass is 35.5. The van der Waals surface area contributed by atoms with Gasteiger partial charge < -0.3 is 9.29 Å². The monoisotopic (exact) mass is 440 g/mol. The quantitative estimate of drug-likeness (QED) is 0.284. The number of rotatable bonds is 4. The Labute approximate surface area is 172 Å². The normalized spacial score (nSPS) is 20.6. The van der Waals surface area contributed by atoms with Gasteiger partial charge in [0.15, 0.2) is 5.60 Å². The molecule has 1 aromatic heterocycles. The largest absolute Gasteiger partial charge is 0.748 e. The van der Waals surface area contributed by atoms with E-state index < -0.39 is 15.7 Å². The molecule has 0 aliphatic carbocycles. The van der Waals surface area contributed by atoms with Crippen molar-refractivity contribution in [2.24, 2.45) is 0 Å². The van der Waals surface area contributed by atoms with E-state index >= 15 is 0 Å². The van der Waals surface area contributed by atoms with Crippen molar-refractivity contribution in [2.75, 3.05) is 12.1 Å². The van der Waals surface area contributed by atoms with Gasteiger partial charge in [-0.1, -0.05) is 41.9 Å². The molecule has 11 heteroatoms. The molecule has 1 aliphatic heterocycles. The molecule has 2 atom stereocenters. The Bertz CT molecular complexity index is 1100. The fraction of sp³-hybridized carbons (Fsp3) is 0.222. The fourth-order valence-corrected chi connectivity index (χ4v) is 3.24. The van der Waals surface area contributed by atoms with E-state index in [1.165, 1.54) is 23.1 Å². The minimum Gasteiger partial charge on any atom is -0.748 e. The van der Waals surface area contributed by atoms with Gasteiger partial charge in [-0.25, -0.2) is 12.8 Å². The number of halogens is 2. The van der Waals surface area contributed by atoms with E-state index in [2.05, 4.69) is 5.10 Å². The van der Waals surface area contributed by atoms with Crippen molar-refractivity contribution in [3.05, 3.63) is 83.2 Å². The molecular formula is C18H18ClFN4O4S. The lowest BCUT2D eigenvalue weighted by atomic mass is 9.91. The molecule has 2 unspecified atom stereocenters. The van der Waals surface area contributed by atoms with Crippen molar-refractivity contribution in [1.29, 1.82) is 0 Å². The third-order valence-corrected chi connectivity index (χ3v) is 4.56. The summed E-state index contributed by atoms with van der Waals surface area (Å²) >= 11 is 6.32. The van der Waals surface area contributed by atoms with Crippen molar-refractivity contribution < 1.29 is 26.8 Å². The molecule has 0 radical (unpaired) electrons. The first kappa shape index (κ1) is 21.2. The van der Waals surface area contributed by atoms with Crippen LogP contribution in [0.2, 0.25) is 5.02 Å². The van der Waals surface area contributed by atoms with Crippen LogP contribution >= 0.6 is 11.6 Å². The molecule has 4 rings (SSSR count). The topological polar surface area (TPSA) is 117 Å². The molecule has 1 aliphatic rings. The molecule has 154 valence electrons. The Kier molecular flexibility index (Phi) is 5.90. The van der Waals surface area contributed by atoms with Gasteiger partial charge in [0, 0.05) is 21.9 Å². The molecule has 0 spiro atoms. The molecule has 8 nitrogen and oxygen atoms in total. The van der Waals surface area contributed by atoms with Gasteiger partial charge in [-0.15, -0.1) is 9.36 Å². The van der Waals surface area contributed by atoms with Crippen LogP contribution in [-0.4, -0.2) is 29.0 Å². The first-order valence-electron chi connectivity index (χ1n) is 8.36. The highest BCUT2D eigenvalue weighted by Crippen LogP contribution is 2.59. The van der Waals surface area contributed by atoms with Gasteiger partial charge >= 0.3 is 0 Å². The summed E-state index contributed by atoms with van der Waals surface area (Å²) in [5.41, 5.74) is 1.11. The standard InChI is InChI=1S/C17H15ClFN4O.CH4O3S/c18-15-4-2-1-3-14(15)16-17(24-16,9-23-11-22(20)10-21-23)12-5-7-13(19)8-6-12;1-5(2,3)4/h1-8,10-11,16H,9,20H2;1H3,(H,2,3,4)/q+1;/p-1. The summed E-state index contributed by atoms with van der Waals surface area (Å²) in [5, 5.41) is 4.84. The minimum atomic E-state index is -3.92. The molecular weight excluding hydrogens is 423 g/mol. The van der Waals surface area contributed by atoms with Crippen molar-refractivity contribution in [1.82, 2.24) is 9.78 Å². The molecule has 1 saturated heterocycles. The van der Waals surface area contributed by atoms with E-state index in [0.717, 1.165) is 11.1 Å². The van der Waals surface area contributed by atoms with Crippen molar-refractivity contribution >= 4 is 21.7 Å². The second kappa shape index (κ2) is 8.07. The number of nitrogen functional groups attached to an aromatic ring is 1. The molecule has 2 N–H and O–H groups in total. The first-order valence-corrected chi connectivity index (χ1v) is 10.6. The summed E-state index contributed by atoms with van der Waals surface area (Å²) in [6.45, 7) is 0.443. The maximum Gasteiger partial charge on any atom is 0.286 e. The second-order valence-corrected chi connectivity index (χ2v) is 8.33. The Morgan fingerprint density at radius 1 is 1.31 bits per heavy atom. The van der Waals surface area contributed by atoms with Gasteiger partial charge in [-0.05, 0) is 23.8 Å². The number of hydrogen-bond donors (Lipinski definition) is 1. The van der Waals surface area contributed by atoms with E-state index in [9.17, 15) is 4.39 Å². The molecule has 1 fully saturated rings. The first-order chi connectivity index (χ1) is 13.6. The Morgan fingerprint density at radius 3 is 2.48 bits per heavy atom. The van der Waals surface area contributed by atoms with E-state index in [-0.39, 0.29) is 11.9 Å². The lowest BCUT2D eigenvalue weighted by Gasteiger charge is -2.11. The van der Waals surface area contributed by atoms with Crippen molar-refractivity contribution in [3.63, 3.8) is 0 Å². The summed E-state index contributed by atoms with van der Waals surface area (Å²) in [4.78, 5) is 0. The van der Waals surface area contributed by atoms with Crippen LogP contribution in [0, 0.1) is 5.82 Å². The predicted octanol–water partition coefficient (Wildman–Crippen LogP) is 1.51. The zero-order chi connectivity index (χ0) is 21.2. The van der Waals surface area contributed by atoms with Gasteiger partial charge in [0.05, 0.1) is 10.1 Å². The maximum atomic E-state index is 13.3. The van der Waals surface area contributed by atoms with Crippen LogP contribution in [0.3, 0.4) is 0 Å². The number of aromatic nitrogens is 3. The van der Waals surface area contributed by atoms with Crippen LogP contribution in [0.5, 0.6) is 0 Å². The number of hydrogen-bond acceptors (Lipinski definition) is 6. The highest BCUT2D eigenvalue weighted by molar-refractivity contribution is 7.84. The van der Waals surface area contributed by atoms with E-state index in [0.29, 0.717) is 17.8 Å². The third-order valence-electron chi connectivity index (χ3n) is 4.21. The third kappa shape index (κ3) is 5.30. The van der Waals surface area contributed by atoms with E-state index in [4.69, 9.17) is 35.2 Å². The van der Waals surface area contributed by atoms with Crippen LogP contribution in [0.15, 0.2) is 61.2 Å². The molecule has 2 heterocycles. The van der Waals surface area contributed by atoms with Gasteiger partial charge in [-0.3, -0.25) is 5.84 Å². The van der Waals surface area contributed by atoms with Crippen LogP contribution in [0.25, 0.3) is 0 Å². The summed E-state index contributed by atoms with van der Waals surface area (Å²) < 4.78 is 49.7. The summed E-state index contributed by atoms with van der Waals surface area (Å²) in [5.74, 6) is 5.38. The molecule has 0 saturated carbocycles. The van der Waals surface area contributed by atoms with Crippen LogP contribution in [-0.2, 0) is 27.0 Å². The molecule has 3 aromatic rings. The second-order valence-electron chi connectivity index (χ2n) is 6.51. The molecule has 2 aromatic carbocycles. The van der Waals surface area contributed by atoms with Crippen LogP contribution < -0.4 is 10.5 Å². The summed E-state index contributed by atoms with van der Waals surface area (Å²) in [6.07, 6.45) is 3.54. The SMILES string of the molecule is CS(=O)(=O)[O-].N[n+]1cnn(CC2(c3ccc(F)cc3)OC2c2ccccc2Cl)c1. The lowest BCUT2D eigenvalue weighted by molar-refractivity contribution is -0.639. The summed E-state index contributed by atoms with van der Waals surface area (Å²) in [7, 11) is -3.92. The van der Waals surface area contributed by atoms with Gasteiger partial charge in [-0.2, -0.15) is 0 Å². The van der Waals surface area contributed by atoms with Crippen molar-refractivity contribution in [3.8, 4) is 0 Å². The van der Waals surface area contributed by atoms with E-state index in [1.807, 2.05) is 24.3 Å². The summed E-state index contributed by atoms with van der Waals surface area (Å²) in [6, 6.07) is 13.9. The van der Waals surface area contributed by atoms with Gasteiger partial charge in [0.2, 0.25) is 6.33 Å². The number of epoxide rings is 1. The minimum absolute atomic E-state index is 0.230. The number of benzene rings is 2. The Hall–Kier alpha value is -2.53. The molecule has 0 amide bonds. The number of nitrogens with zero attached hydrogens (tertiary/aromatic N) is 3. The van der Waals surface area contributed by atoms with Crippen LogP contribution in [0.1, 0.15) is 17.2 Å². The zero-order valence-electron chi connectivity index (χ0n) is 15.3. The smallest absolute Gasteiger partial charge is 0.286 e. The predicted molar refractivity (Wildman–Crippen MR) is 102 cm³/mol. The lowest BCUT2D eigenvalue weighted by Crippen LogP contribution is -2.42. The van der Waals surface area contributed by atoms with Gasteiger partial charge in [0.25, 0.3) is 6.33 Å². The number of nitrogens with two attached hydrogens (primary N) is 1. The van der Waals surface area contributed by atoms with Gasteiger partial charge in [0.1, 0.15) is 18.5 Å². The highest BCUT2D eigenvalue weighted by Gasteiger charge is 2.61. The average Bonchev–Trinajstić information content (AvgIpc) is 3.19. The van der Waals surface area contributed by atoms with Crippen LogP contribution in [0.4, 0.5) is 4.39 Å². The number of ether oxygens (including phenoxy) is 1. The average molecular weight is 441 g/mol. The fourth-order valence-electron chi connectivity index (χ4n) is 3.00. The zero-order valence-corrected chi connectivity index (χ0v) is 16.8. The molecule has 0 bridgehead atoms.